The van der Waals surface area contributed by atoms with Crippen molar-refractivity contribution in [2.45, 2.75) is 52.4 Å². The lowest BCUT2D eigenvalue weighted by Gasteiger charge is -2.31. The number of benzene rings is 1. The highest BCUT2D eigenvalue weighted by Crippen LogP contribution is 2.21. The predicted molar refractivity (Wildman–Crippen MR) is 106 cm³/mol. The number of aliphatic hydroxyl groups excluding tert-OH is 2. The van der Waals surface area contributed by atoms with Crippen LogP contribution in [-0.4, -0.2) is 59.8 Å². The van der Waals surface area contributed by atoms with Crippen LogP contribution in [0.2, 0.25) is 0 Å². The Morgan fingerprint density at radius 3 is 2.19 bits per heavy atom. The summed E-state index contributed by atoms with van der Waals surface area (Å²) in [4.78, 5) is 25.9. The SMILES string of the molecule is CCC(C)(C)CN(C)C(=O)[C@H](O)[C@@H](O)C(=O)N[C@H](C)c1ccc(NC)cc1. The molecule has 0 aliphatic carbocycles. The lowest BCUT2D eigenvalue weighted by atomic mass is 9.89. The summed E-state index contributed by atoms with van der Waals surface area (Å²) in [5.41, 5.74) is 1.67. The van der Waals surface area contributed by atoms with E-state index in [1.165, 1.54) is 4.90 Å². The molecule has 0 unspecified atom stereocenters. The van der Waals surface area contributed by atoms with Crippen LogP contribution in [0.1, 0.15) is 45.7 Å². The maximum atomic E-state index is 12.3. The first-order chi connectivity index (χ1) is 12.5. The van der Waals surface area contributed by atoms with Gasteiger partial charge in [-0.25, -0.2) is 0 Å². The van der Waals surface area contributed by atoms with E-state index < -0.39 is 24.0 Å². The van der Waals surface area contributed by atoms with Crippen LogP contribution < -0.4 is 10.6 Å². The number of carbonyl (C=O) groups is 2. The fourth-order valence-electron chi connectivity index (χ4n) is 2.66. The molecular weight excluding hydrogens is 346 g/mol. The van der Waals surface area contributed by atoms with Gasteiger partial charge in [0.1, 0.15) is 0 Å². The molecule has 0 radical (unpaired) electrons. The lowest BCUT2D eigenvalue weighted by Crippen LogP contribution is -2.51. The fraction of sp³-hybridized carbons (Fsp3) is 0.600. The van der Waals surface area contributed by atoms with Crippen LogP contribution in [0.4, 0.5) is 5.69 Å². The minimum absolute atomic E-state index is 0.120. The zero-order valence-electron chi connectivity index (χ0n) is 17.1. The molecule has 152 valence electrons. The third-order valence-electron chi connectivity index (χ3n) is 4.88. The third kappa shape index (κ3) is 6.52. The highest BCUT2D eigenvalue weighted by atomic mass is 16.3. The van der Waals surface area contributed by atoms with Crippen LogP contribution in [0.15, 0.2) is 24.3 Å². The monoisotopic (exact) mass is 379 g/mol. The van der Waals surface area contributed by atoms with Crippen molar-refractivity contribution in [3.8, 4) is 0 Å². The predicted octanol–water partition coefficient (Wildman–Crippen LogP) is 1.52. The molecule has 1 aromatic rings. The van der Waals surface area contributed by atoms with E-state index >= 15 is 0 Å². The lowest BCUT2D eigenvalue weighted by molar-refractivity contribution is -0.153. The summed E-state index contributed by atoms with van der Waals surface area (Å²) in [5.74, 6) is -1.46. The summed E-state index contributed by atoms with van der Waals surface area (Å²) < 4.78 is 0. The second-order valence-corrected chi connectivity index (χ2v) is 7.70. The number of rotatable bonds is 9. The van der Waals surface area contributed by atoms with E-state index in [1.54, 1.807) is 14.0 Å². The van der Waals surface area contributed by atoms with Crippen LogP contribution in [-0.2, 0) is 9.59 Å². The molecule has 0 spiro atoms. The van der Waals surface area contributed by atoms with Gasteiger partial charge in [-0.2, -0.15) is 0 Å². The summed E-state index contributed by atoms with van der Waals surface area (Å²) in [6.07, 6.45) is -2.78. The van der Waals surface area contributed by atoms with Crippen molar-refractivity contribution < 1.29 is 19.8 Å². The molecule has 1 aromatic carbocycles. The van der Waals surface area contributed by atoms with E-state index in [4.69, 9.17) is 0 Å². The molecule has 0 aliphatic rings. The zero-order valence-corrected chi connectivity index (χ0v) is 17.1. The normalized spacial score (nSPS) is 14.8. The topological polar surface area (TPSA) is 102 Å². The average molecular weight is 380 g/mol. The summed E-state index contributed by atoms with van der Waals surface area (Å²) in [7, 11) is 3.37. The Balaban J connectivity index is 2.68. The van der Waals surface area contributed by atoms with Gasteiger partial charge in [0.25, 0.3) is 11.8 Å². The van der Waals surface area contributed by atoms with Gasteiger partial charge in [-0.3, -0.25) is 9.59 Å². The Bertz CT molecular complexity index is 631. The average Bonchev–Trinajstić information content (AvgIpc) is 2.65. The van der Waals surface area contributed by atoms with Crippen LogP contribution >= 0.6 is 0 Å². The molecule has 0 aromatic heterocycles. The van der Waals surface area contributed by atoms with Crippen LogP contribution in [0, 0.1) is 5.41 Å². The molecule has 0 aliphatic heterocycles. The van der Waals surface area contributed by atoms with Crippen molar-refractivity contribution in [2.24, 2.45) is 5.41 Å². The molecule has 3 atom stereocenters. The van der Waals surface area contributed by atoms with Crippen molar-refractivity contribution in [1.82, 2.24) is 10.2 Å². The van der Waals surface area contributed by atoms with Crippen molar-refractivity contribution >= 4 is 17.5 Å². The van der Waals surface area contributed by atoms with E-state index in [9.17, 15) is 19.8 Å². The summed E-state index contributed by atoms with van der Waals surface area (Å²) in [6, 6.07) is 7.07. The van der Waals surface area contributed by atoms with Gasteiger partial charge in [0.15, 0.2) is 12.2 Å². The third-order valence-corrected chi connectivity index (χ3v) is 4.88. The van der Waals surface area contributed by atoms with E-state index in [0.29, 0.717) is 6.54 Å². The fourth-order valence-corrected chi connectivity index (χ4v) is 2.66. The Hall–Kier alpha value is -2.12. The molecule has 0 saturated carbocycles. The van der Waals surface area contributed by atoms with E-state index in [-0.39, 0.29) is 11.5 Å². The molecule has 4 N–H and O–H groups in total. The van der Waals surface area contributed by atoms with Gasteiger partial charge in [0.2, 0.25) is 0 Å². The van der Waals surface area contributed by atoms with Gasteiger partial charge < -0.3 is 25.7 Å². The van der Waals surface area contributed by atoms with E-state index in [0.717, 1.165) is 17.7 Å². The maximum absolute atomic E-state index is 12.3. The quantitative estimate of drug-likeness (QED) is 0.521. The molecule has 0 saturated heterocycles. The van der Waals surface area contributed by atoms with Gasteiger partial charge in [-0.1, -0.05) is 32.9 Å². The Kier molecular flexibility index (Phi) is 8.24. The Labute approximate surface area is 161 Å². The maximum Gasteiger partial charge on any atom is 0.254 e. The van der Waals surface area contributed by atoms with Gasteiger partial charge in [-0.05, 0) is 36.5 Å². The zero-order chi connectivity index (χ0) is 20.8. The standard InChI is InChI=1S/C20H33N3O4/c1-7-20(3,4)12-23(6)19(27)17(25)16(24)18(26)22-13(2)14-8-10-15(21-5)11-9-14/h8-11,13,16-17,21,24-25H,7,12H2,1-6H3,(H,22,26)/t13-,16-,17-/m1/s1. The van der Waals surface area contributed by atoms with Gasteiger partial charge in [-0.15, -0.1) is 0 Å². The molecule has 0 heterocycles. The molecule has 7 heteroatoms. The van der Waals surface area contributed by atoms with E-state index in [2.05, 4.69) is 10.6 Å². The molecular formula is C20H33N3O4. The Morgan fingerprint density at radius 2 is 1.70 bits per heavy atom. The van der Waals surface area contributed by atoms with Gasteiger partial charge >= 0.3 is 0 Å². The number of hydrogen-bond acceptors (Lipinski definition) is 5. The highest BCUT2D eigenvalue weighted by molar-refractivity contribution is 5.90. The van der Waals surface area contributed by atoms with Crippen molar-refractivity contribution in [3.05, 3.63) is 29.8 Å². The van der Waals surface area contributed by atoms with Crippen LogP contribution in [0.5, 0.6) is 0 Å². The smallest absolute Gasteiger partial charge is 0.254 e. The van der Waals surface area contributed by atoms with Crippen molar-refractivity contribution in [1.29, 1.82) is 0 Å². The van der Waals surface area contributed by atoms with Crippen LogP contribution in [0.3, 0.4) is 0 Å². The largest absolute Gasteiger partial charge is 0.388 e. The second kappa shape index (κ2) is 9.71. The van der Waals surface area contributed by atoms with E-state index in [1.807, 2.05) is 52.1 Å². The first-order valence-corrected chi connectivity index (χ1v) is 9.21. The molecule has 7 nitrogen and oxygen atoms in total. The summed E-state index contributed by atoms with van der Waals surface area (Å²) >= 11 is 0. The molecule has 2 amide bonds. The summed E-state index contributed by atoms with van der Waals surface area (Å²) in [5, 5.41) is 25.9. The Morgan fingerprint density at radius 1 is 1.15 bits per heavy atom. The van der Waals surface area contributed by atoms with Crippen LogP contribution in [0.25, 0.3) is 0 Å². The molecule has 27 heavy (non-hydrogen) atoms. The summed E-state index contributed by atoms with van der Waals surface area (Å²) in [6.45, 7) is 8.22. The number of carbonyl (C=O) groups excluding carboxylic acids is 2. The van der Waals surface area contributed by atoms with Gasteiger partial charge in [0, 0.05) is 26.3 Å². The first-order valence-electron chi connectivity index (χ1n) is 9.21. The number of anilines is 1. The van der Waals surface area contributed by atoms with Crippen molar-refractivity contribution in [2.75, 3.05) is 26.0 Å². The number of hydrogen-bond donors (Lipinski definition) is 4. The number of aliphatic hydroxyl groups is 2. The van der Waals surface area contributed by atoms with Gasteiger partial charge in [0.05, 0.1) is 6.04 Å². The molecule has 1 rings (SSSR count). The highest BCUT2D eigenvalue weighted by Gasteiger charge is 2.34. The molecule has 0 fully saturated rings. The number of likely N-dealkylation sites (N-methyl/N-ethyl adjacent to an activating group) is 1. The second-order valence-electron chi connectivity index (χ2n) is 7.70. The van der Waals surface area contributed by atoms with Crippen molar-refractivity contribution in [3.63, 3.8) is 0 Å². The minimum atomic E-state index is -1.83. The first kappa shape index (κ1) is 22.9. The minimum Gasteiger partial charge on any atom is -0.388 e. The number of amides is 2. The number of nitrogens with one attached hydrogen (secondary N) is 2. The molecule has 0 bridgehead atoms. The number of nitrogens with zero attached hydrogens (tertiary/aromatic N) is 1.